The van der Waals surface area contributed by atoms with Crippen molar-refractivity contribution in [2.24, 2.45) is 0 Å². The first-order valence-corrected chi connectivity index (χ1v) is 8.15. The minimum atomic E-state index is -0.294. The van der Waals surface area contributed by atoms with E-state index in [9.17, 15) is 9.59 Å². The summed E-state index contributed by atoms with van der Waals surface area (Å²) in [6.07, 6.45) is 5.45. The highest BCUT2D eigenvalue weighted by Gasteiger charge is 2.11. The first-order chi connectivity index (χ1) is 12.6. The van der Waals surface area contributed by atoms with Crippen LogP contribution in [0.25, 0.3) is 16.9 Å². The molecule has 1 aromatic carbocycles. The molecule has 0 fully saturated rings. The monoisotopic (exact) mass is 344 g/mol. The summed E-state index contributed by atoms with van der Waals surface area (Å²) in [6.45, 7) is 1.46. The number of carbonyl (C=O) groups excluding carboxylic acids is 2. The van der Waals surface area contributed by atoms with E-state index in [0.717, 1.165) is 16.9 Å². The fourth-order valence-corrected chi connectivity index (χ4v) is 2.73. The lowest BCUT2D eigenvalue weighted by molar-refractivity contribution is 0.101. The summed E-state index contributed by atoms with van der Waals surface area (Å²) in [4.78, 5) is 31.0. The molecule has 0 unspecified atom stereocenters. The van der Waals surface area contributed by atoms with Crippen molar-refractivity contribution >= 4 is 23.0 Å². The molecule has 3 aromatic heterocycles. The van der Waals surface area contributed by atoms with Crippen molar-refractivity contribution in [2.75, 3.05) is 5.32 Å². The molecule has 0 aliphatic carbocycles. The summed E-state index contributed by atoms with van der Waals surface area (Å²) in [7, 11) is 0. The Kier molecular flexibility index (Phi) is 3.85. The first-order valence-electron chi connectivity index (χ1n) is 8.15. The highest BCUT2D eigenvalue weighted by molar-refractivity contribution is 6.05. The smallest absolute Gasteiger partial charge is 0.272 e. The number of aromatic amines is 1. The van der Waals surface area contributed by atoms with E-state index >= 15 is 0 Å². The van der Waals surface area contributed by atoms with Crippen molar-refractivity contribution in [3.63, 3.8) is 0 Å². The van der Waals surface area contributed by atoms with E-state index in [-0.39, 0.29) is 11.7 Å². The van der Waals surface area contributed by atoms with E-state index in [1.807, 2.05) is 59.3 Å². The van der Waals surface area contributed by atoms with Gasteiger partial charge in [0.05, 0.1) is 5.69 Å². The minimum Gasteiger partial charge on any atom is -0.356 e. The van der Waals surface area contributed by atoms with Crippen molar-refractivity contribution in [3.8, 4) is 11.3 Å². The number of hydrogen-bond donors (Lipinski definition) is 2. The van der Waals surface area contributed by atoms with E-state index in [4.69, 9.17) is 0 Å². The van der Waals surface area contributed by atoms with Gasteiger partial charge in [0, 0.05) is 35.4 Å². The molecular weight excluding hydrogens is 328 g/mol. The van der Waals surface area contributed by atoms with Gasteiger partial charge in [-0.2, -0.15) is 0 Å². The van der Waals surface area contributed by atoms with Crippen LogP contribution in [0.4, 0.5) is 5.69 Å². The third-order valence-electron chi connectivity index (χ3n) is 4.14. The second-order valence-electron chi connectivity index (χ2n) is 5.98. The molecule has 0 bridgehead atoms. The largest absolute Gasteiger partial charge is 0.356 e. The standard InChI is InChI=1S/C20H16N4O2/c1-13(25)15-10-17(21-11-15)20(26)22-16-7-5-14(6-8-16)18-12-24-9-3-2-4-19(24)23-18/h2-12,21H,1H3,(H,22,26). The molecule has 0 spiro atoms. The zero-order chi connectivity index (χ0) is 18.1. The number of nitrogens with zero attached hydrogens (tertiary/aromatic N) is 2. The number of amides is 1. The zero-order valence-corrected chi connectivity index (χ0v) is 14.1. The van der Waals surface area contributed by atoms with Crippen LogP contribution in [0, 0.1) is 0 Å². The molecule has 2 N–H and O–H groups in total. The van der Waals surface area contributed by atoms with Crippen LogP contribution in [0.2, 0.25) is 0 Å². The van der Waals surface area contributed by atoms with Crippen molar-refractivity contribution in [3.05, 3.63) is 78.4 Å². The summed E-state index contributed by atoms with van der Waals surface area (Å²) in [5.74, 6) is -0.380. The normalized spacial score (nSPS) is 10.8. The predicted molar refractivity (Wildman–Crippen MR) is 99.4 cm³/mol. The fourth-order valence-electron chi connectivity index (χ4n) is 2.73. The molecule has 0 aliphatic rings. The third-order valence-corrected chi connectivity index (χ3v) is 4.14. The molecule has 6 heteroatoms. The minimum absolute atomic E-state index is 0.0860. The first kappa shape index (κ1) is 15.8. The molecule has 0 radical (unpaired) electrons. The second-order valence-corrected chi connectivity index (χ2v) is 5.98. The lowest BCUT2D eigenvalue weighted by Gasteiger charge is -2.04. The lowest BCUT2D eigenvalue weighted by atomic mass is 10.1. The maximum Gasteiger partial charge on any atom is 0.272 e. The summed E-state index contributed by atoms with van der Waals surface area (Å²) in [5, 5.41) is 2.81. The molecule has 128 valence electrons. The van der Waals surface area contributed by atoms with Crippen LogP contribution in [0.5, 0.6) is 0 Å². The van der Waals surface area contributed by atoms with E-state index in [1.165, 1.54) is 13.1 Å². The fraction of sp³-hybridized carbons (Fsp3) is 0.0500. The Bertz CT molecular complexity index is 1070. The van der Waals surface area contributed by atoms with Crippen LogP contribution in [-0.4, -0.2) is 26.1 Å². The molecule has 4 rings (SSSR count). The highest BCUT2D eigenvalue weighted by Crippen LogP contribution is 2.21. The number of imidazole rings is 1. The molecule has 0 saturated heterocycles. The van der Waals surface area contributed by atoms with Gasteiger partial charge in [-0.05, 0) is 37.3 Å². The molecule has 0 aliphatic heterocycles. The quantitative estimate of drug-likeness (QED) is 0.553. The van der Waals surface area contributed by atoms with Gasteiger partial charge in [0.2, 0.25) is 0 Å². The van der Waals surface area contributed by atoms with Gasteiger partial charge in [-0.3, -0.25) is 9.59 Å². The molecule has 6 nitrogen and oxygen atoms in total. The van der Waals surface area contributed by atoms with E-state index in [1.54, 1.807) is 6.07 Å². The summed E-state index contributed by atoms with van der Waals surface area (Å²) in [6, 6.07) is 14.9. The number of aromatic nitrogens is 3. The maximum absolute atomic E-state index is 12.3. The van der Waals surface area contributed by atoms with Gasteiger partial charge in [0.25, 0.3) is 5.91 Å². The average molecular weight is 344 g/mol. The van der Waals surface area contributed by atoms with Crippen molar-refractivity contribution < 1.29 is 9.59 Å². The molecule has 0 saturated carbocycles. The SMILES string of the molecule is CC(=O)c1c[nH]c(C(=O)Nc2ccc(-c3cn4ccccc4n3)cc2)c1. The van der Waals surface area contributed by atoms with Gasteiger partial charge in [-0.25, -0.2) is 4.98 Å². The topological polar surface area (TPSA) is 79.3 Å². The Hall–Kier alpha value is -3.67. The van der Waals surface area contributed by atoms with Crippen LogP contribution < -0.4 is 5.32 Å². The number of rotatable bonds is 4. The van der Waals surface area contributed by atoms with Gasteiger partial charge >= 0.3 is 0 Å². The Morgan fingerprint density at radius 2 is 1.92 bits per heavy atom. The number of H-pyrrole nitrogens is 1. The second kappa shape index (κ2) is 6.33. The average Bonchev–Trinajstić information content (AvgIpc) is 3.29. The summed E-state index contributed by atoms with van der Waals surface area (Å²) >= 11 is 0. The van der Waals surface area contributed by atoms with Crippen LogP contribution in [-0.2, 0) is 0 Å². The number of hydrogen-bond acceptors (Lipinski definition) is 3. The Balaban J connectivity index is 1.51. The van der Waals surface area contributed by atoms with Gasteiger partial charge in [-0.15, -0.1) is 0 Å². The Morgan fingerprint density at radius 3 is 2.62 bits per heavy atom. The number of anilines is 1. The number of Topliss-reactive ketones (excluding diaryl/α,β-unsaturated/α-hetero) is 1. The highest BCUT2D eigenvalue weighted by atomic mass is 16.2. The molecular formula is C20H16N4O2. The zero-order valence-electron chi connectivity index (χ0n) is 14.1. The third kappa shape index (κ3) is 3.00. The lowest BCUT2D eigenvalue weighted by Crippen LogP contribution is -2.12. The summed E-state index contributed by atoms with van der Waals surface area (Å²) < 4.78 is 1.96. The number of fused-ring (bicyclic) bond motifs is 1. The van der Waals surface area contributed by atoms with Crippen LogP contribution in [0.15, 0.2) is 67.1 Å². The molecule has 26 heavy (non-hydrogen) atoms. The number of pyridine rings is 1. The molecule has 1 amide bonds. The van der Waals surface area contributed by atoms with Crippen molar-refractivity contribution in [1.82, 2.24) is 14.4 Å². The Labute approximate surface area is 149 Å². The summed E-state index contributed by atoms with van der Waals surface area (Å²) in [5.41, 5.74) is 4.21. The molecule has 3 heterocycles. The number of nitrogens with one attached hydrogen (secondary N) is 2. The molecule has 4 aromatic rings. The van der Waals surface area contributed by atoms with Gasteiger partial charge in [0.1, 0.15) is 11.3 Å². The van der Waals surface area contributed by atoms with Gasteiger partial charge in [0.15, 0.2) is 5.78 Å². The maximum atomic E-state index is 12.3. The number of benzene rings is 1. The molecule has 0 atom stereocenters. The van der Waals surface area contributed by atoms with Crippen LogP contribution >= 0.6 is 0 Å². The van der Waals surface area contributed by atoms with E-state index in [2.05, 4.69) is 15.3 Å². The van der Waals surface area contributed by atoms with Gasteiger partial charge in [-0.1, -0.05) is 18.2 Å². The van der Waals surface area contributed by atoms with Crippen molar-refractivity contribution in [1.29, 1.82) is 0 Å². The van der Waals surface area contributed by atoms with Crippen molar-refractivity contribution in [2.45, 2.75) is 6.92 Å². The van der Waals surface area contributed by atoms with Crippen LogP contribution in [0.1, 0.15) is 27.8 Å². The van der Waals surface area contributed by atoms with Gasteiger partial charge < -0.3 is 14.7 Å². The number of ketones is 1. The van der Waals surface area contributed by atoms with E-state index < -0.39 is 0 Å². The van der Waals surface area contributed by atoms with Crippen LogP contribution in [0.3, 0.4) is 0 Å². The predicted octanol–water partition coefficient (Wildman–Crippen LogP) is 3.78. The number of carbonyl (C=O) groups is 2. The van der Waals surface area contributed by atoms with E-state index in [0.29, 0.717) is 16.9 Å². The Morgan fingerprint density at radius 1 is 1.12 bits per heavy atom.